The molecule has 15 nitrogen and oxygen atoms in total. The van der Waals surface area contributed by atoms with Gasteiger partial charge < -0.3 is 18.9 Å². The van der Waals surface area contributed by atoms with Crippen molar-refractivity contribution in [3.63, 3.8) is 0 Å². The third-order valence-corrected chi connectivity index (χ3v) is 6.97. The van der Waals surface area contributed by atoms with E-state index in [1.165, 1.54) is 32.6 Å². The normalized spacial score (nSPS) is 10.7. The maximum Gasteiger partial charge on any atom is 0.318 e. The molecule has 0 aliphatic heterocycles. The summed E-state index contributed by atoms with van der Waals surface area (Å²) in [5.74, 6) is -0.713. The molecule has 0 saturated heterocycles. The predicted molar refractivity (Wildman–Crippen MR) is 154 cm³/mol. The lowest BCUT2D eigenvalue weighted by Crippen LogP contribution is -2.25. The Hall–Kier alpha value is -4.66. The number of aryl methyl sites for hydroxylation is 1. The van der Waals surface area contributed by atoms with Gasteiger partial charge in [-0.25, -0.2) is 10.4 Å². The van der Waals surface area contributed by atoms with Gasteiger partial charge in [0, 0.05) is 23.2 Å². The zero-order valence-corrected chi connectivity index (χ0v) is 25.2. The highest BCUT2D eigenvalue weighted by Crippen LogP contribution is 2.42. The molecule has 3 rings (SSSR count). The molecule has 0 atom stereocenters. The number of nitro benzene ring substituents is 2. The van der Waals surface area contributed by atoms with E-state index in [0.29, 0.717) is 25.8 Å². The molecule has 1 aromatic heterocycles. The molecule has 0 aliphatic carbocycles. The van der Waals surface area contributed by atoms with Crippen molar-refractivity contribution in [1.82, 2.24) is 10.4 Å². The number of nitro groups is 2. The van der Waals surface area contributed by atoms with Gasteiger partial charge in [-0.05, 0) is 62.5 Å². The topological polar surface area (TPSA) is 201 Å². The molecular weight excluding hydrogens is 688 g/mol. The number of nitrogens with one attached hydrogen (secondary N) is 1. The van der Waals surface area contributed by atoms with Crippen molar-refractivity contribution in [2.75, 3.05) is 20.8 Å². The van der Waals surface area contributed by atoms with E-state index in [9.17, 15) is 30.3 Å². The number of hydrazone groups is 1. The van der Waals surface area contributed by atoms with Crippen LogP contribution in [0.4, 0.5) is 11.4 Å². The molecule has 0 saturated carbocycles. The van der Waals surface area contributed by atoms with Gasteiger partial charge in [0.25, 0.3) is 11.6 Å². The Labute approximate surface area is 254 Å². The van der Waals surface area contributed by atoms with Crippen LogP contribution in [0, 0.1) is 38.5 Å². The molecule has 0 radical (unpaired) electrons. The predicted octanol–water partition coefficient (Wildman–Crippen LogP) is 5.08. The first-order valence-corrected chi connectivity index (χ1v) is 13.1. The molecule has 0 unspecified atom stereocenters. The molecule has 2 aromatic carbocycles. The van der Waals surface area contributed by atoms with E-state index in [4.69, 9.17) is 18.9 Å². The minimum Gasteiger partial charge on any atom is -0.493 e. The van der Waals surface area contributed by atoms with Gasteiger partial charge in [0.05, 0.1) is 46.0 Å². The number of carbonyl (C=O) groups excluding carboxylic acids is 1. The van der Waals surface area contributed by atoms with Crippen LogP contribution >= 0.6 is 31.9 Å². The van der Waals surface area contributed by atoms with Crippen molar-refractivity contribution >= 4 is 55.4 Å². The average Bonchev–Trinajstić information content (AvgIpc) is 2.95. The molecular formula is C25H20Br2N6O9. The maximum atomic E-state index is 12.3. The number of carbonyl (C=O) groups is 1. The van der Waals surface area contributed by atoms with Crippen LogP contribution in [-0.2, 0) is 16.1 Å². The number of hydrogen-bond donors (Lipinski definition) is 1. The monoisotopic (exact) mass is 706 g/mol. The first-order valence-electron chi connectivity index (χ1n) is 11.5. The Kier molecular flexibility index (Phi) is 10.8. The Morgan fingerprint density at radius 3 is 2.52 bits per heavy atom. The molecule has 3 aromatic rings. The molecule has 1 N–H and O–H groups in total. The van der Waals surface area contributed by atoms with Crippen molar-refractivity contribution in [1.29, 1.82) is 5.26 Å². The third-order valence-electron chi connectivity index (χ3n) is 5.32. The zero-order chi connectivity index (χ0) is 31.0. The van der Waals surface area contributed by atoms with Crippen molar-refractivity contribution in [2.45, 2.75) is 13.5 Å². The largest absolute Gasteiger partial charge is 0.493 e. The first-order chi connectivity index (χ1) is 20.0. The van der Waals surface area contributed by atoms with Gasteiger partial charge in [-0.2, -0.15) is 10.4 Å². The van der Waals surface area contributed by atoms with E-state index in [0.717, 1.165) is 18.2 Å². The van der Waals surface area contributed by atoms with Crippen LogP contribution in [0.25, 0.3) is 0 Å². The van der Waals surface area contributed by atoms with Crippen molar-refractivity contribution in [2.24, 2.45) is 5.10 Å². The third kappa shape index (κ3) is 7.54. The summed E-state index contributed by atoms with van der Waals surface area (Å²) in [4.78, 5) is 37.4. The quantitative estimate of drug-likeness (QED) is 0.149. The van der Waals surface area contributed by atoms with Gasteiger partial charge in [-0.3, -0.25) is 25.0 Å². The van der Waals surface area contributed by atoms with Crippen LogP contribution < -0.4 is 19.6 Å². The lowest BCUT2D eigenvalue weighted by Gasteiger charge is -2.13. The fourth-order valence-electron chi connectivity index (χ4n) is 3.43. The van der Waals surface area contributed by atoms with E-state index < -0.39 is 33.7 Å². The number of non-ortho nitro benzene ring substituents is 1. The number of nitriles is 1. The summed E-state index contributed by atoms with van der Waals surface area (Å²) in [5, 5.41) is 35.9. The lowest BCUT2D eigenvalue weighted by atomic mass is 10.1. The Morgan fingerprint density at radius 2 is 1.90 bits per heavy atom. The first kappa shape index (κ1) is 31.9. The number of hydrogen-bond acceptors (Lipinski definition) is 12. The Morgan fingerprint density at radius 1 is 1.17 bits per heavy atom. The Balaban J connectivity index is 1.73. The number of nitrogens with zero attached hydrogens (tertiary/aromatic N) is 5. The lowest BCUT2D eigenvalue weighted by molar-refractivity contribution is -0.394. The number of halogens is 2. The second kappa shape index (κ2) is 14.3. The summed E-state index contributed by atoms with van der Waals surface area (Å²) in [6, 6.07) is 8.00. The minimum absolute atomic E-state index is 0.0260. The molecule has 0 fully saturated rings. The summed E-state index contributed by atoms with van der Waals surface area (Å²) in [6.45, 7) is 1.35. The zero-order valence-electron chi connectivity index (χ0n) is 22.0. The molecule has 42 heavy (non-hydrogen) atoms. The highest BCUT2D eigenvalue weighted by Gasteiger charge is 2.24. The van der Waals surface area contributed by atoms with Crippen LogP contribution in [-0.4, -0.2) is 47.8 Å². The summed E-state index contributed by atoms with van der Waals surface area (Å²) in [7, 11) is 2.82. The van der Waals surface area contributed by atoms with E-state index in [1.807, 2.05) is 6.07 Å². The number of benzene rings is 2. The number of ether oxygens (including phenoxy) is 4. The fraction of sp³-hybridized carbons (Fsp3) is 0.200. The SMILES string of the molecule is COCc1c(Br)c(C)nc(OCC(=O)N/N=C/c2cc(Br)c(Oc3ccc([N+](=O)[O-])cc3[N+](=O)[O-])c(OC)c2)c1C#N. The molecule has 17 heteroatoms. The van der Waals surface area contributed by atoms with E-state index in [1.54, 1.807) is 6.92 Å². The van der Waals surface area contributed by atoms with E-state index in [2.05, 4.69) is 47.4 Å². The van der Waals surface area contributed by atoms with Gasteiger partial charge in [-0.1, -0.05) is 0 Å². The number of rotatable bonds is 12. The van der Waals surface area contributed by atoms with E-state index in [-0.39, 0.29) is 35.3 Å². The van der Waals surface area contributed by atoms with Crippen molar-refractivity contribution in [3.8, 4) is 29.2 Å². The Bertz CT molecular complexity index is 1630. The maximum absolute atomic E-state index is 12.3. The molecule has 218 valence electrons. The van der Waals surface area contributed by atoms with Crippen LogP contribution in [0.15, 0.2) is 44.4 Å². The number of pyridine rings is 1. The van der Waals surface area contributed by atoms with Gasteiger partial charge >= 0.3 is 5.69 Å². The minimum atomic E-state index is -0.802. The average molecular weight is 708 g/mol. The van der Waals surface area contributed by atoms with Crippen LogP contribution in [0.3, 0.4) is 0 Å². The van der Waals surface area contributed by atoms with Crippen LogP contribution in [0.5, 0.6) is 23.1 Å². The molecule has 1 amide bonds. The molecule has 1 heterocycles. The van der Waals surface area contributed by atoms with Crippen molar-refractivity contribution in [3.05, 3.63) is 81.9 Å². The molecule has 0 bridgehead atoms. The highest BCUT2D eigenvalue weighted by molar-refractivity contribution is 9.10. The van der Waals surface area contributed by atoms with Crippen LogP contribution in [0.1, 0.15) is 22.4 Å². The van der Waals surface area contributed by atoms with Gasteiger partial charge in [0.15, 0.2) is 18.1 Å². The van der Waals surface area contributed by atoms with E-state index >= 15 is 0 Å². The van der Waals surface area contributed by atoms with Gasteiger partial charge in [0.2, 0.25) is 11.6 Å². The summed E-state index contributed by atoms with van der Waals surface area (Å²) in [5.41, 5.74) is 2.86. The number of aromatic nitrogens is 1. The molecule has 0 aliphatic rings. The number of amides is 1. The summed E-state index contributed by atoms with van der Waals surface area (Å²) < 4.78 is 22.5. The fourth-order valence-corrected chi connectivity index (χ4v) is 4.37. The highest BCUT2D eigenvalue weighted by atomic mass is 79.9. The van der Waals surface area contributed by atoms with Crippen LogP contribution in [0.2, 0.25) is 0 Å². The molecule has 0 spiro atoms. The summed E-state index contributed by atoms with van der Waals surface area (Å²) in [6.07, 6.45) is 1.29. The second-order valence-corrected chi connectivity index (χ2v) is 9.75. The number of methoxy groups -OCH3 is 2. The van der Waals surface area contributed by atoms with Crippen molar-refractivity contribution < 1.29 is 33.6 Å². The van der Waals surface area contributed by atoms with Gasteiger partial charge in [0.1, 0.15) is 11.6 Å². The second-order valence-electron chi connectivity index (χ2n) is 8.10. The van der Waals surface area contributed by atoms with Gasteiger partial charge in [-0.15, -0.1) is 0 Å². The summed E-state index contributed by atoms with van der Waals surface area (Å²) >= 11 is 6.69. The standard InChI is InChI=1S/C25H20Br2N6O9/c1-13-23(27)17(11-39-2)16(9-28)25(30-13)41-12-22(34)31-29-10-14-6-18(26)24(21(7-14)40-3)42-20-5-4-15(32(35)36)8-19(20)33(37)38/h4-8,10H,11-12H2,1-3H3,(H,31,34)/b29-10+. The smallest absolute Gasteiger partial charge is 0.318 e.